The molecule has 0 aliphatic carbocycles. The van der Waals surface area contributed by atoms with Gasteiger partial charge in [0, 0.05) is 20.6 Å². The van der Waals surface area contributed by atoms with Crippen molar-refractivity contribution in [3.05, 3.63) is 23.5 Å². The SMILES string of the molecule is CN(C)C(=O)N1CCN([S+](=O)([O-])c2ccc(Cl)nc2)C(=O)C1. The molecule has 0 spiro atoms. The molecule has 1 saturated heterocycles. The standard InChI is InChI=1S/C12H15ClN4O4S/c1-15(2)12(19)16-5-6-17(11(18)8-16)22(20,21)9-3-4-10(13)14-7-9/h3-4,7H,5-6,8H2,1-2H3. The summed E-state index contributed by atoms with van der Waals surface area (Å²) in [6.45, 7) is -0.233. The van der Waals surface area contributed by atoms with Crippen molar-refractivity contribution in [3.63, 3.8) is 0 Å². The number of carbonyl (C=O) groups excluding carboxylic acids is 2. The molecule has 8 nitrogen and oxygen atoms in total. The van der Waals surface area contributed by atoms with E-state index in [9.17, 15) is 18.4 Å². The van der Waals surface area contributed by atoms with E-state index in [-0.39, 0.29) is 35.7 Å². The van der Waals surface area contributed by atoms with E-state index < -0.39 is 16.3 Å². The Morgan fingerprint density at radius 3 is 2.59 bits per heavy atom. The molecule has 0 N–H and O–H groups in total. The summed E-state index contributed by atoms with van der Waals surface area (Å²) in [5, 5.41) is 0.159. The molecule has 120 valence electrons. The van der Waals surface area contributed by atoms with E-state index in [1.54, 1.807) is 14.1 Å². The van der Waals surface area contributed by atoms with Crippen LogP contribution in [0.3, 0.4) is 0 Å². The number of pyridine rings is 1. The number of sulfonamides is 1. The first-order valence-electron chi connectivity index (χ1n) is 6.37. The van der Waals surface area contributed by atoms with Crippen LogP contribution in [-0.2, 0) is 19.4 Å². The molecule has 0 radical (unpaired) electrons. The van der Waals surface area contributed by atoms with Crippen molar-refractivity contribution in [1.29, 1.82) is 0 Å². The van der Waals surface area contributed by atoms with E-state index in [0.29, 0.717) is 0 Å². The fraction of sp³-hybridized carbons (Fsp3) is 0.417. The molecule has 1 aromatic rings. The van der Waals surface area contributed by atoms with Gasteiger partial charge in [-0.3, -0.25) is 4.79 Å². The third kappa shape index (κ3) is 3.21. The lowest BCUT2D eigenvalue weighted by Gasteiger charge is -2.35. The first kappa shape index (κ1) is 16.7. The van der Waals surface area contributed by atoms with Gasteiger partial charge in [-0.25, -0.2) is 9.78 Å². The van der Waals surface area contributed by atoms with Gasteiger partial charge in [0.1, 0.15) is 11.7 Å². The number of aromatic nitrogens is 1. The second-order valence-electron chi connectivity index (χ2n) is 4.89. The lowest BCUT2D eigenvalue weighted by molar-refractivity contribution is -0.129. The molecule has 22 heavy (non-hydrogen) atoms. The van der Waals surface area contributed by atoms with Gasteiger partial charge in [-0.05, 0) is 12.1 Å². The molecule has 1 aliphatic heterocycles. The van der Waals surface area contributed by atoms with Gasteiger partial charge >= 0.3 is 6.03 Å². The third-order valence-corrected chi connectivity index (χ3v) is 5.15. The Labute approximate surface area is 134 Å². The second kappa shape index (κ2) is 6.19. The van der Waals surface area contributed by atoms with E-state index in [4.69, 9.17) is 11.6 Å². The fourth-order valence-electron chi connectivity index (χ4n) is 2.00. The van der Waals surface area contributed by atoms with Crippen LogP contribution in [0.4, 0.5) is 4.79 Å². The third-order valence-electron chi connectivity index (χ3n) is 3.12. The van der Waals surface area contributed by atoms with E-state index in [0.717, 1.165) is 10.5 Å². The van der Waals surface area contributed by atoms with Gasteiger partial charge in [-0.2, -0.15) is 4.31 Å². The van der Waals surface area contributed by atoms with Crippen molar-refractivity contribution < 1.29 is 18.4 Å². The van der Waals surface area contributed by atoms with Crippen LogP contribution in [0.5, 0.6) is 0 Å². The van der Waals surface area contributed by atoms with Gasteiger partial charge in [0.2, 0.25) is 0 Å². The molecule has 2 rings (SSSR count). The van der Waals surface area contributed by atoms with Gasteiger partial charge in [-0.1, -0.05) is 15.8 Å². The van der Waals surface area contributed by atoms with E-state index in [1.165, 1.54) is 21.9 Å². The molecule has 1 fully saturated rings. The summed E-state index contributed by atoms with van der Waals surface area (Å²) in [5.74, 6) is -0.656. The molecule has 0 saturated carbocycles. The van der Waals surface area contributed by atoms with Crippen LogP contribution < -0.4 is 0 Å². The molecule has 2 heterocycles. The van der Waals surface area contributed by atoms with E-state index >= 15 is 0 Å². The molecule has 1 unspecified atom stereocenters. The average Bonchev–Trinajstić information content (AvgIpc) is 2.46. The maximum atomic E-state index is 12.4. The summed E-state index contributed by atoms with van der Waals surface area (Å²) in [4.78, 5) is 30.2. The molecule has 0 bridgehead atoms. The predicted molar refractivity (Wildman–Crippen MR) is 78.7 cm³/mol. The van der Waals surface area contributed by atoms with Crippen molar-refractivity contribution in [2.24, 2.45) is 0 Å². The minimum atomic E-state index is -3.99. The van der Waals surface area contributed by atoms with Crippen molar-refractivity contribution in [1.82, 2.24) is 19.1 Å². The maximum Gasteiger partial charge on any atom is 0.320 e. The highest BCUT2D eigenvalue weighted by molar-refractivity contribution is 7.96. The van der Waals surface area contributed by atoms with Crippen LogP contribution in [0.25, 0.3) is 0 Å². The first-order chi connectivity index (χ1) is 10.2. The summed E-state index contributed by atoms with van der Waals surface area (Å²) < 4.78 is 25.6. The van der Waals surface area contributed by atoms with Crippen molar-refractivity contribution >= 4 is 33.9 Å². The number of nitrogens with zero attached hydrogens (tertiary/aromatic N) is 4. The zero-order valence-electron chi connectivity index (χ0n) is 12.1. The Hall–Kier alpha value is -1.71. The Balaban J connectivity index is 2.17. The van der Waals surface area contributed by atoms with Crippen molar-refractivity contribution in [2.45, 2.75) is 4.90 Å². The van der Waals surface area contributed by atoms with Crippen molar-refractivity contribution in [2.75, 3.05) is 33.7 Å². The van der Waals surface area contributed by atoms with Gasteiger partial charge < -0.3 is 14.4 Å². The Kier molecular flexibility index (Phi) is 4.69. The molecule has 1 atom stereocenters. The Morgan fingerprint density at radius 1 is 1.41 bits per heavy atom. The molecule has 1 aliphatic rings. The summed E-state index contributed by atoms with van der Waals surface area (Å²) in [6.07, 6.45) is 1.10. The Morgan fingerprint density at radius 2 is 2.09 bits per heavy atom. The zero-order chi connectivity index (χ0) is 16.5. The Bertz CT molecular complexity index is 637. The van der Waals surface area contributed by atoms with E-state index in [1.807, 2.05) is 0 Å². The molecular weight excluding hydrogens is 332 g/mol. The first-order valence-corrected chi connectivity index (χ1v) is 8.18. The van der Waals surface area contributed by atoms with Crippen LogP contribution >= 0.6 is 11.6 Å². The van der Waals surface area contributed by atoms with Crippen molar-refractivity contribution in [3.8, 4) is 0 Å². The van der Waals surface area contributed by atoms with Gasteiger partial charge in [-0.15, -0.1) is 0 Å². The molecular formula is C12H15ClN4O4S. The smallest absolute Gasteiger partial charge is 0.320 e. The van der Waals surface area contributed by atoms with Crippen LogP contribution in [0, 0.1) is 0 Å². The minimum absolute atomic E-state index is 0.0939. The molecule has 3 amide bonds. The van der Waals surface area contributed by atoms with Gasteiger partial charge in [0.15, 0.2) is 15.3 Å². The summed E-state index contributed by atoms with van der Waals surface area (Å²) in [7, 11) is -0.857. The topological polar surface area (TPSA) is 96.9 Å². The minimum Gasteiger partial charge on any atom is -0.588 e. The highest BCUT2D eigenvalue weighted by Gasteiger charge is 2.40. The number of rotatable bonds is 2. The van der Waals surface area contributed by atoms with Crippen LogP contribution in [0.1, 0.15) is 0 Å². The lowest BCUT2D eigenvalue weighted by Crippen LogP contribution is -2.57. The van der Waals surface area contributed by atoms with Gasteiger partial charge in [0.05, 0.1) is 12.7 Å². The number of hydrogen-bond donors (Lipinski definition) is 0. The normalized spacial score (nSPS) is 18.1. The number of carbonyl (C=O) groups is 2. The van der Waals surface area contributed by atoms with Gasteiger partial charge in [0.25, 0.3) is 5.91 Å². The highest BCUT2D eigenvalue weighted by Crippen LogP contribution is 2.23. The number of hydrogen-bond acceptors (Lipinski definition) is 5. The quantitative estimate of drug-likeness (QED) is 0.572. The predicted octanol–water partition coefficient (Wildman–Crippen LogP) is 0.465. The summed E-state index contributed by atoms with van der Waals surface area (Å²) >= 11 is 5.62. The van der Waals surface area contributed by atoms with Crippen LogP contribution in [-0.4, -0.2) is 69.3 Å². The fourth-order valence-corrected chi connectivity index (χ4v) is 3.44. The lowest BCUT2D eigenvalue weighted by atomic mass is 10.4. The summed E-state index contributed by atoms with van der Waals surface area (Å²) in [5.41, 5.74) is 0. The second-order valence-corrected chi connectivity index (χ2v) is 7.14. The number of amides is 3. The van der Waals surface area contributed by atoms with Crippen LogP contribution in [0.15, 0.2) is 23.2 Å². The highest BCUT2D eigenvalue weighted by atomic mass is 35.5. The zero-order valence-corrected chi connectivity index (χ0v) is 13.6. The maximum absolute atomic E-state index is 12.4. The summed E-state index contributed by atoms with van der Waals surface area (Å²) in [6, 6.07) is 2.29. The molecule has 0 aromatic carbocycles. The van der Waals surface area contributed by atoms with E-state index in [2.05, 4.69) is 4.98 Å². The number of piperazine rings is 1. The monoisotopic (exact) mass is 346 g/mol. The van der Waals surface area contributed by atoms with Crippen LogP contribution in [0.2, 0.25) is 5.15 Å². The number of halogens is 1. The average molecular weight is 347 g/mol. The largest absolute Gasteiger partial charge is 0.588 e. The molecule has 1 aromatic heterocycles. The molecule has 10 heteroatoms. The number of urea groups is 1.